The number of anilines is 1. The van der Waals surface area contributed by atoms with Crippen LogP contribution in [0.5, 0.6) is 11.5 Å². The number of carbonyl (C=O) groups excluding carboxylic acids is 1. The molecule has 6 N–H and O–H groups in total. The Morgan fingerprint density at radius 1 is 1.13 bits per heavy atom. The summed E-state index contributed by atoms with van der Waals surface area (Å²) in [5, 5.41) is 17.9. The molecule has 2 aromatic heterocycles. The van der Waals surface area contributed by atoms with E-state index in [1.165, 1.54) is 19.4 Å². The standard InChI is InChI=1S/C25H27N9O4/c1-3-37-19-13-16(7-10-18(19)38-14-20(35)28-2)21(31-17-8-5-15(6-9-17)22(26)27)23-32-25(36)34(33-23)24-29-11-4-12-30-24/h4-13,21,31H,3,14H2,1-2H3,(H3,26,27)(H,28,35)(H,32,33,36). The number of carbonyl (C=O) groups is 1. The van der Waals surface area contributed by atoms with Gasteiger partial charge in [0.1, 0.15) is 11.9 Å². The molecule has 13 nitrogen and oxygen atoms in total. The van der Waals surface area contributed by atoms with Crippen LogP contribution in [0.25, 0.3) is 5.95 Å². The normalized spacial score (nSPS) is 11.4. The molecule has 1 atom stereocenters. The Morgan fingerprint density at radius 2 is 1.87 bits per heavy atom. The fourth-order valence-electron chi connectivity index (χ4n) is 3.54. The fourth-order valence-corrected chi connectivity index (χ4v) is 3.54. The van der Waals surface area contributed by atoms with E-state index in [2.05, 4.69) is 30.7 Å². The van der Waals surface area contributed by atoms with Gasteiger partial charge in [-0.25, -0.2) is 14.8 Å². The molecule has 0 saturated carbocycles. The molecule has 13 heteroatoms. The lowest BCUT2D eigenvalue weighted by Gasteiger charge is -2.20. The first kappa shape index (κ1) is 25.9. The lowest BCUT2D eigenvalue weighted by Crippen LogP contribution is -2.25. The number of amidine groups is 1. The molecule has 2 aromatic carbocycles. The Morgan fingerprint density at radius 3 is 2.53 bits per heavy atom. The minimum Gasteiger partial charge on any atom is -0.490 e. The van der Waals surface area contributed by atoms with E-state index in [1.807, 2.05) is 6.92 Å². The Bertz CT molecular complexity index is 1470. The van der Waals surface area contributed by atoms with E-state index in [4.69, 9.17) is 20.6 Å². The molecule has 1 amide bonds. The Balaban J connectivity index is 1.75. The molecule has 0 aliphatic carbocycles. The van der Waals surface area contributed by atoms with E-state index < -0.39 is 11.7 Å². The molecule has 196 valence electrons. The summed E-state index contributed by atoms with van der Waals surface area (Å²) in [6.07, 6.45) is 3.03. The van der Waals surface area contributed by atoms with Gasteiger partial charge in [0, 0.05) is 30.7 Å². The second-order valence-electron chi connectivity index (χ2n) is 7.95. The molecular weight excluding hydrogens is 490 g/mol. The number of hydrogen-bond donors (Lipinski definition) is 5. The summed E-state index contributed by atoms with van der Waals surface area (Å²) in [5.41, 5.74) is 7.01. The van der Waals surface area contributed by atoms with E-state index in [0.717, 1.165) is 4.68 Å². The van der Waals surface area contributed by atoms with Crippen LogP contribution < -0.4 is 31.5 Å². The van der Waals surface area contributed by atoms with Gasteiger partial charge in [0.05, 0.1) is 6.61 Å². The average Bonchev–Trinajstić information content (AvgIpc) is 3.32. The highest BCUT2D eigenvalue weighted by Crippen LogP contribution is 2.33. The number of nitrogens with one attached hydrogen (secondary N) is 4. The Hall–Kier alpha value is -5.20. The third-order valence-electron chi connectivity index (χ3n) is 5.40. The molecule has 1 unspecified atom stereocenters. The van der Waals surface area contributed by atoms with Gasteiger partial charge in [-0.3, -0.25) is 15.2 Å². The molecule has 0 aliphatic heterocycles. The number of hydrogen-bond acceptors (Lipinski definition) is 9. The van der Waals surface area contributed by atoms with Crippen molar-refractivity contribution >= 4 is 17.4 Å². The smallest absolute Gasteiger partial charge is 0.350 e. The minimum absolute atomic E-state index is 0.0484. The van der Waals surface area contributed by atoms with Crippen molar-refractivity contribution in [2.75, 3.05) is 25.6 Å². The number of ether oxygens (including phenoxy) is 2. The van der Waals surface area contributed by atoms with Crippen LogP contribution in [0.1, 0.15) is 29.9 Å². The highest BCUT2D eigenvalue weighted by atomic mass is 16.5. The zero-order valence-electron chi connectivity index (χ0n) is 20.8. The van der Waals surface area contributed by atoms with E-state index in [-0.39, 0.29) is 24.3 Å². The first-order chi connectivity index (χ1) is 18.4. The maximum Gasteiger partial charge on any atom is 0.350 e. The van der Waals surface area contributed by atoms with Crippen molar-refractivity contribution in [2.24, 2.45) is 5.73 Å². The Kier molecular flexibility index (Phi) is 7.96. The quantitative estimate of drug-likeness (QED) is 0.145. The van der Waals surface area contributed by atoms with Crippen molar-refractivity contribution in [3.8, 4) is 17.4 Å². The maximum absolute atomic E-state index is 12.8. The molecule has 38 heavy (non-hydrogen) atoms. The molecule has 0 saturated heterocycles. The number of rotatable bonds is 11. The van der Waals surface area contributed by atoms with Crippen molar-refractivity contribution in [1.82, 2.24) is 30.0 Å². The van der Waals surface area contributed by atoms with Crippen molar-refractivity contribution in [3.05, 3.63) is 88.4 Å². The number of likely N-dealkylation sites (N-methyl/N-ethyl adjacent to an activating group) is 1. The number of aromatic amines is 1. The average molecular weight is 518 g/mol. The SMILES string of the molecule is CCOc1cc(C(Nc2ccc(C(=N)N)cc2)c2nn(-c3ncccn3)c(=O)[nH]2)ccc1OCC(=O)NC. The number of nitrogen functional groups attached to an aromatic ring is 1. The van der Waals surface area contributed by atoms with Crippen LogP contribution in [-0.4, -0.2) is 56.7 Å². The number of amides is 1. The lowest BCUT2D eigenvalue weighted by molar-refractivity contribution is -0.122. The topological polar surface area (TPSA) is 186 Å². The molecule has 4 aromatic rings. The number of benzene rings is 2. The maximum atomic E-state index is 12.8. The summed E-state index contributed by atoms with van der Waals surface area (Å²) in [6, 6.07) is 13.2. The number of H-pyrrole nitrogens is 1. The van der Waals surface area contributed by atoms with E-state index in [1.54, 1.807) is 48.5 Å². The summed E-state index contributed by atoms with van der Waals surface area (Å²) in [5.74, 6) is 0.891. The highest BCUT2D eigenvalue weighted by molar-refractivity contribution is 5.95. The predicted molar refractivity (Wildman–Crippen MR) is 140 cm³/mol. The fraction of sp³-hybridized carbons (Fsp3) is 0.200. The molecule has 0 bridgehead atoms. The van der Waals surface area contributed by atoms with Gasteiger partial charge in [0.15, 0.2) is 23.9 Å². The minimum atomic E-state index is -0.650. The van der Waals surface area contributed by atoms with Crippen molar-refractivity contribution in [1.29, 1.82) is 5.41 Å². The second-order valence-corrected chi connectivity index (χ2v) is 7.95. The summed E-state index contributed by atoms with van der Waals surface area (Å²) in [6.45, 7) is 2.02. The van der Waals surface area contributed by atoms with Gasteiger partial charge in [-0.05, 0) is 55.0 Å². The van der Waals surface area contributed by atoms with Gasteiger partial charge in [0.25, 0.3) is 11.9 Å². The zero-order chi connectivity index (χ0) is 27.1. The largest absolute Gasteiger partial charge is 0.490 e. The molecule has 0 aliphatic rings. The van der Waals surface area contributed by atoms with Gasteiger partial charge in [-0.15, -0.1) is 9.78 Å². The molecule has 2 heterocycles. The van der Waals surface area contributed by atoms with Crippen molar-refractivity contribution < 1.29 is 14.3 Å². The van der Waals surface area contributed by atoms with Crippen LogP contribution in [0.15, 0.2) is 65.7 Å². The van der Waals surface area contributed by atoms with Gasteiger partial charge >= 0.3 is 5.69 Å². The molecular formula is C25H27N9O4. The van der Waals surface area contributed by atoms with Crippen LogP contribution in [0.2, 0.25) is 0 Å². The van der Waals surface area contributed by atoms with Crippen LogP contribution in [0.3, 0.4) is 0 Å². The van der Waals surface area contributed by atoms with Gasteiger partial charge in [0.2, 0.25) is 0 Å². The van der Waals surface area contributed by atoms with Crippen molar-refractivity contribution in [2.45, 2.75) is 13.0 Å². The lowest BCUT2D eigenvalue weighted by atomic mass is 10.0. The molecule has 0 spiro atoms. The summed E-state index contributed by atoms with van der Waals surface area (Å²) >= 11 is 0. The highest BCUT2D eigenvalue weighted by Gasteiger charge is 2.23. The van der Waals surface area contributed by atoms with Crippen molar-refractivity contribution in [3.63, 3.8) is 0 Å². The molecule has 0 fully saturated rings. The van der Waals surface area contributed by atoms with Gasteiger partial charge in [-0.1, -0.05) is 6.07 Å². The van der Waals surface area contributed by atoms with Crippen LogP contribution >= 0.6 is 0 Å². The van der Waals surface area contributed by atoms with E-state index in [0.29, 0.717) is 40.7 Å². The van der Waals surface area contributed by atoms with Gasteiger partial charge in [-0.2, -0.15) is 0 Å². The Labute approximate surface area is 217 Å². The van der Waals surface area contributed by atoms with E-state index in [9.17, 15) is 9.59 Å². The monoisotopic (exact) mass is 517 g/mol. The third kappa shape index (κ3) is 5.95. The van der Waals surface area contributed by atoms with Crippen LogP contribution in [0.4, 0.5) is 5.69 Å². The first-order valence-corrected chi connectivity index (χ1v) is 11.7. The molecule has 4 rings (SSSR count). The summed E-state index contributed by atoms with van der Waals surface area (Å²) in [7, 11) is 1.53. The predicted octanol–water partition coefficient (Wildman–Crippen LogP) is 1.36. The van der Waals surface area contributed by atoms with Crippen LogP contribution in [0, 0.1) is 5.41 Å². The molecule has 0 radical (unpaired) electrons. The summed E-state index contributed by atoms with van der Waals surface area (Å²) < 4.78 is 12.5. The first-order valence-electron chi connectivity index (χ1n) is 11.7. The second kappa shape index (κ2) is 11.7. The zero-order valence-corrected chi connectivity index (χ0v) is 20.8. The summed E-state index contributed by atoms with van der Waals surface area (Å²) in [4.78, 5) is 35.4. The van der Waals surface area contributed by atoms with Crippen LogP contribution in [-0.2, 0) is 4.79 Å². The number of nitrogens with two attached hydrogens (primary N) is 1. The number of nitrogens with zero attached hydrogens (tertiary/aromatic N) is 4. The number of aromatic nitrogens is 5. The third-order valence-corrected chi connectivity index (χ3v) is 5.40. The van der Waals surface area contributed by atoms with Gasteiger partial charge < -0.3 is 25.8 Å². The van der Waals surface area contributed by atoms with E-state index >= 15 is 0 Å².